The number of ether oxygens (including phenoxy) is 1. The summed E-state index contributed by atoms with van der Waals surface area (Å²) in [6.45, 7) is 0.550. The first-order valence-corrected chi connectivity index (χ1v) is 6.34. The first-order valence-electron chi connectivity index (χ1n) is 6.34. The first-order chi connectivity index (χ1) is 9.16. The van der Waals surface area contributed by atoms with Crippen LogP contribution < -0.4 is 10.4 Å². The van der Waals surface area contributed by atoms with E-state index < -0.39 is 18.0 Å². The van der Waals surface area contributed by atoms with Crippen LogP contribution >= 0.6 is 0 Å². The minimum Gasteiger partial charge on any atom is -0.550 e. The minimum absolute atomic E-state index is 0.123. The molecule has 0 spiro atoms. The van der Waals surface area contributed by atoms with Gasteiger partial charge in [-0.2, -0.15) is 0 Å². The number of carboxylic acid groups (broad SMARTS) is 1. The summed E-state index contributed by atoms with van der Waals surface area (Å²) in [6, 6.07) is 8.93. The fourth-order valence-electron chi connectivity index (χ4n) is 2.22. The van der Waals surface area contributed by atoms with Crippen LogP contribution in [0.3, 0.4) is 0 Å². The van der Waals surface area contributed by atoms with Crippen LogP contribution in [0.15, 0.2) is 30.3 Å². The molecule has 0 bridgehead atoms. The van der Waals surface area contributed by atoms with Crippen LogP contribution in [-0.2, 0) is 14.3 Å². The average Bonchev–Trinajstić information content (AvgIpc) is 2.90. The molecule has 5 nitrogen and oxygen atoms in total. The van der Waals surface area contributed by atoms with Crippen LogP contribution in [0.4, 0.5) is 5.69 Å². The van der Waals surface area contributed by atoms with Gasteiger partial charge in [0.05, 0.1) is 6.10 Å². The highest BCUT2D eigenvalue weighted by atomic mass is 16.5. The molecule has 2 rings (SSSR count). The van der Waals surface area contributed by atoms with E-state index in [0.29, 0.717) is 18.7 Å². The van der Waals surface area contributed by atoms with Crippen molar-refractivity contribution in [3.8, 4) is 0 Å². The Morgan fingerprint density at radius 1 is 1.37 bits per heavy atom. The maximum Gasteiger partial charge on any atom is 0.225 e. The largest absolute Gasteiger partial charge is 0.550 e. The van der Waals surface area contributed by atoms with E-state index in [2.05, 4.69) is 5.32 Å². The van der Waals surface area contributed by atoms with Crippen LogP contribution in [0.2, 0.25) is 0 Å². The van der Waals surface area contributed by atoms with Crippen LogP contribution in [0.1, 0.15) is 19.3 Å². The van der Waals surface area contributed by atoms with Crippen LogP contribution in [0.25, 0.3) is 0 Å². The summed E-state index contributed by atoms with van der Waals surface area (Å²) < 4.78 is 5.33. The predicted octanol–water partition coefficient (Wildman–Crippen LogP) is 0.560. The zero-order valence-electron chi connectivity index (χ0n) is 10.5. The van der Waals surface area contributed by atoms with Crippen molar-refractivity contribution in [1.29, 1.82) is 0 Å². The second-order valence-electron chi connectivity index (χ2n) is 4.60. The third kappa shape index (κ3) is 3.79. The highest BCUT2D eigenvalue weighted by Gasteiger charge is 2.28. The van der Waals surface area contributed by atoms with Crippen molar-refractivity contribution in [3.05, 3.63) is 30.3 Å². The van der Waals surface area contributed by atoms with Gasteiger partial charge >= 0.3 is 0 Å². The SMILES string of the molecule is O=C(C[C@H](C(=O)[O-])[C@@H]1CCCO1)Nc1ccccc1. The number of para-hydroxylation sites is 1. The monoisotopic (exact) mass is 262 g/mol. The van der Waals surface area contributed by atoms with E-state index in [-0.39, 0.29) is 12.3 Å². The topological polar surface area (TPSA) is 78.5 Å². The number of anilines is 1. The van der Waals surface area contributed by atoms with Crippen LogP contribution in [0, 0.1) is 5.92 Å². The third-order valence-corrected chi connectivity index (χ3v) is 3.18. The van der Waals surface area contributed by atoms with Crippen molar-refractivity contribution >= 4 is 17.6 Å². The number of carbonyl (C=O) groups excluding carboxylic acids is 2. The Kier molecular flexibility index (Phi) is 4.52. The normalized spacial score (nSPS) is 19.9. The fraction of sp³-hybridized carbons (Fsp3) is 0.429. The van der Waals surface area contributed by atoms with Crippen molar-refractivity contribution in [1.82, 2.24) is 0 Å². The van der Waals surface area contributed by atoms with Crippen molar-refractivity contribution in [3.63, 3.8) is 0 Å². The zero-order valence-corrected chi connectivity index (χ0v) is 10.5. The lowest BCUT2D eigenvalue weighted by Crippen LogP contribution is -2.40. The summed E-state index contributed by atoms with van der Waals surface area (Å²) in [7, 11) is 0. The Morgan fingerprint density at radius 3 is 2.68 bits per heavy atom. The number of hydrogen-bond acceptors (Lipinski definition) is 4. The van der Waals surface area contributed by atoms with Gasteiger partial charge in [-0.25, -0.2) is 0 Å². The molecule has 1 aliphatic rings. The van der Waals surface area contributed by atoms with E-state index >= 15 is 0 Å². The molecule has 1 aliphatic heterocycles. The van der Waals surface area contributed by atoms with E-state index in [0.717, 1.165) is 6.42 Å². The number of carboxylic acids is 1. The summed E-state index contributed by atoms with van der Waals surface area (Å²) in [5.74, 6) is -2.45. The smallest absolute Gasteiger partial charge is 0.225 e. The van der Waals surface area contributed by atoms with E-state index in [1.165, 1.54) is 0 Å². The molecule has 1 fully saturated rings. The number of nitrogens with one attached hydrogen (secondary N) is 1. The van der Waals surface area contributed by atoms with Gasteiger partial charge in [-0.05, 0) is 25.0 Å². The molecular weight excluding hydrogens is 246 g/mol. The van der Waals surface area contributed by atoms with Gasteiger partial charge in [-0.3, -0.25) is 4.79 Å². The van der Waals surface area contributed by atoms with Gasteiger partial charge in [-0.15, -0.1) is 0 Å². The summed E-state index contributed by atoms with van der Waals surface area (Å²) in [5, 5.41) is 13.8. The molecule has 1 aromatic rings. The third-order valence-electron chi connectivity index (χ3n) is 3.18. The molecular formula is C14H16NO4-. The Morgan fingerprint density at radius 2 is 2.11 bits per heavy atom. The predicted molar refractivity (Wildman–Crippen MR) is 67.2 cm³/mol. The number of hydrogen-bond donors (Lipinski definition) is 1. The molecule has 0 saturated carbocycles. The highest BCUT2D eigenvalue weighted by Crippen LogP contribution is 2.23. The Balaban J connectivity index is 1.93. The summed E-state index contributed by atoms with van der Waals surface area (Å²) in [6.07, 6.45) is 0.958. The lowest BCUT2D eigenvalue weighted by Gasteiger charge is -2.23. The molecule has 0 aliphatic carbocycles. The Hall–Kier alpha value is -1.88. The maximum atomic E-state index is 11.8. The molecule has 2 atom stereocenters. The molecule has 1 saturated heterocycles. The number of rotatable bonds is 5. The molecule has 102 valence electrons. The lowest BCUT2D eigenvalue weighted by atomic mass is 9.96. The van der Waals surface area contributed by atoms with Gasteiger partial charge in [0.1, 0.15) is 0 Å². The van der Waals surface area contributed by atoms with Crippen LogP contribution in [0.5, 0.6) is 0 Å². The summed E-state index contributed by atoms with van der Waals surface area (Å²) >= 11 is 0. The van der Waals surface area contributed by atoms with E-state index in [1.807, 2.05) is 6.07 Å². The molecule has 1 N–H and O–H groups in total. The maximum absolute atomic E-state index is 11.8. The Bertz CT molecular complexity index is 440. The van der Waals surface area contributed by atoms with Gasteiger partial charge in [-0.1, -0.05) is 18.2 Å². The standard InChI is InChI=1S/C14H17NO4/c16-13(15-10-5-2-1-3-6-10)9-11(14(17)18)12-7-4-8-19-12/h1-3,5-6,11-12H,4,7-9H2,(H,15,16)(H,17,18)/p-1/t11-,12-/m0/s1. The molecule has 5 heteroatoms. The Labute approximate surface area is 111 Å². The number of carbonyl (C=O) groups is 2. The van der Waals surface area contributed by atoms with Crippen molar-refractivity contribution in [2.24, 2.45) is 5.92 Å². The number of aliphatic carboxylic acids is 1. The van der Waals surface area contributed by atoms with Gasteiger partial charge < -0.3 is 20.0 Å². The molecule has 0 unspecified atom stereocenters. The molecule has 0 aromatic heterocycles. The van der Waals surface area contributed by atoms with Crippen molar-refractivity contribution in [2.75, 3.05) is 11.9 Å². The number of benzene rings is 1. The summed E-state index contributed by atoms with van der Waals surface area (Å²) in [5.41, 5.74) is 0.650. The second-order valence-corrected chi connectivity index (χ2v) is 4.60. The summed E-state index contributed by atoms with van der Waals surface area (Å²) in [4.78, 5) is 22.9. The average molecular weight is 262 g/mol. The number of amides is 1. The van der Waals surface area contributed by atoms with Crippen molar-refractivity contribution < 1.29 is 19.4 Å². The fourth-order valence-corrected chi connectivity index (χ4v) is 2.22. The molecule has 1 amide bonds. The van der Waals surface area contributed by atoms with E-state index in [1.54, 1.807) is 24.3 Å². The van der Waals surface area contributed by atoms with Gasteiger partial charge in [0.2, 0.25) is 5.91 Å². The quantitative estimate of drug-likeness (QED) is 0.841. The van der Waals surface area contributed by atoms with E-state index in [9.17, 15) is 14.7 Å². The molecule has 1 heterocycles. The first kappa shape index (κ1) is 13.5. The minimum atomic E-state index is -1.23. The van der Waals surface area contributed by atoms with Crippen molar-refractivity contribution in [2.45, 2.75) is 25.4 Å². The van der Waals surface area contributed by atoms with Gasteiger partial charge in [0, 0.05) is 30.6 Å². The molecule has 0 radical (unpaired) electrons. The highest BCUT2D eigenvalue weighted by molar-refractivity contribution is 5.93. The second kappa shape index (κ2) is 6.33. The zero-order chi connectivity index (χ0) is 13.7. The molecule has 1 aromatic carbocycles. The van der Waals surface area contributed by atoms with Gasteiger partial charge in [0.15, 0.2) is 0 Å². The van der Waals surface area contributed by atoms with Gasteiger partial charge in [0.25, 0.3) is 0 Å². The van der Waals surface area contributed by atoms with Crippen LogP contribution in [-0.4, -0.2) is 24.6 Å². The lowest BCUT2D eigenvalue weighted by molar-refractivity contribution is -0.314. The molecule has 19 heavy (non-hydrogen) atoms. The van der Waals surface area contributed by atoms with E-state index in [4.69, 9.17) is 4.74 Å².